The summed E-state index contributed by atoms with van der Waals surface area (Å²) in [5.41, 5.74) is 0.528. The van der Waals surface area contributed by atoms with Crippen molar-refractivity contribution in [1.82, 2.24) is 10.6 Å². The van der Waals surface area contributed by atoms with Crippen molar-refractivity contribution in [3.8, 4) is 0 Å². The maximum atomic E-state index is 5.71. The van der Waals surface area contributed by atoms with Crippen LogP contribution in [0.3, 0.4) is 0 Å². The molecule has 0 unspecified atom stereocenters. The molecule has 5 fully saturated rings. The summed E-state index contributed by atoms with van der Waals surface area (Å²) in [6.45, 7) is 4.10. The predicted octanol–water partition coefficient (Wildman–Crippen LogP) is 4.01. The lowest BCUT2D eigenvalue weighted by Gasteiger charge is -2.59. The smallest absolute Gasteiger partial charge is 0.166 e. The van der Waals surface area contributed by atoms with E-state index in [9.17, 15) is 0 Å². The van der Waals surface area contributed by atoms with E-state index < -0.39 is 0 Å². The van der Waals surface area contributed by atoms with E-state index in [2.05, 4.69) is 17.6 Å². The Balaban J connectivity index is 1.37. The highest BCUT2D eigenvalue weighted by Gasteiger charge is 2.54. The van der Waals surface area contributed by atoms with E-state index in [0.717, 1.165) is 36.0 Å². The molecule has 5 rings (SSSR count). The summed E-state index contributed by atoms with van der Waals surface area (Å²) in [5, 5.41) is 8.07. The fourth-order valence-corrected chi connectivity index (χ4v) is 6.87. The molecule has 24 heavy (non-hydrogen) atoms. The third-order valence-electron chi connectivity index (χ3n) is 7.22. The van der Waals surface area contributed by atoms with Crippen molar-refractivity contribution in [1.29, 1.82) is 0 Å². The second-order valence-corrected chi connectivity index (χ2v) is 9.52. The van der Waals surface area contributed by atoms with E-state index in [1.807, 2.05) is 0 Å². The zero-order valence-electron chi connectivity index (χ0n) is 15.2. The van der Waals surface area contributed by atoms with Gasteiger partial charge in [0.2, 0.25) is 0 Å². The Morgan fingerprint density at radius 1 is 1.17 bits per heavy atom. The first-order valence-corrected chi connectivity index (χ1v) is 10.7. The number of nitrogens with one attached hydrogen (secondary N) is 2. The Labute approximate surface area is 152 Å². The van der Waals surface area contributed by atoms with Crippen LogP contribution in [0.2, 0.25) is 0 Å². The van der Waals surface area contributed by atoms with E-state index in [1.54, 1.807) is 0 Å². The van der Waals surface area contributed by atoms with E-state index in [1.165, 1.54) is 64.2 Å². The molecule has 1 heterocycles. The van der Waals surface area contributed by atoms with Gasteiger partial charge in [0.25, 0.3) is 0 Å². The summed E-state index contributed by atoms with van der Waals surface area (Å²) in [6.07, 6.45) is 14.1. The fraction of sp³-hybridized carbons (Fsp3) is 0.950. The zero-order chi connectivity index (χ0) is 16.6. The van der Waals surface area contributed by atoms with Gasteiger partial charge < -0.3 is 15.4 Å². The van der Waals surface area contributed by atoms with Crippen LogP contribution in [-0.2, 0) is 4.74 Å². The molecule has 1 saturated heterocycles. The standard InChI is InChI=1S/C20H34N2OS/c1-2-4-18(22-19(24)21-13-17-5-3-6-23-17)20-10-14-7-15(11-20)9-16(8-14)12-20/h14-18H,2-13H2,1H3,(H2,21,22,24)/t14?,15?,16?,17-,18+,20?/m0/s1. The molecule has 3 nitrogen and oxygen atoms in total. The number of thiocarbonyl (C=S) groups is 1. The van der Waals surface area contributed by atoms with Gasteiger partial charge in [-0.05, 0) is 93.2 Å². The van der Waals surface area contributed by atoms with E-state index in [0.29, 0.717) is 17.6 Å². The molecule has 0 aromatic rings. The predicted molar refractivity (Wildman–Crippen MR) is 102 cm³/mol. The molecule has 4 saturated carbocycles. The summed E-state index contributed by atoms with van der Waals surface area (Å²) in [7, 11) is 0. The first-order chi connectivity index (χ1) is 11.7. The minimum atomic E-state index is 0.355. The van der Waals surface area contributed by atoms with Crippen molar-refractivity contribution >= 4 is 17.3 Å². The minimum Gasteiger partial charge on any atom is -0.376 e. The third-order valence-corrected chi connectivity index (χ3v) is 7.48. The van der Waals surface area contributed by atoms with Crippen LogP contribution in [0.25, 0.3) is 0 Å². The molecule has 2 N–H and O–H groups in total. The number of hydrogen-bond acceptors (Lipinski definition) is 2. The maximum Gasteiger partial charge on any atom is 0.166 e. The maximum absolute atomic E-state index is 5.71. The van der Waals surface area contributed by atoms with Crippen LogP contribution in [-0.4, -0.2) is 30.4 Å². The van der Waals surface area contributed by atoms with E-state index in [-0.39, 0.29) is 0 Å². The Morgan fingerprint density at radius 2 is 1.83 bits per heavy atom. The highest BCUT2D eigenvalue weighted by Crippen LogP contribution is 2.61. The summed E-state index contributed by atoms with van der Waals surface area (Å²) >= 11 is 5.66. The molecule has 0 aromatic carbocycles. The van der Waals surface area contributed by atoms with Crippen molar-refractivity contribution in [2.45, 2.75) is 83.3 Å². The summed E-state index contributed by atoms with van der Waals surface area (Å²) in [6, 6.07) is 0.570. The normalized spacial score (nSPS) is 41.4. The molecule has 0 amide bonds. The molecular formula is C20H34N2OS. The molecule has 0 radical (unpaired) electrons. The largest absolute Gasteiger partial charge is 0.376 e. The Hall–Kier alpha value is -0.350. The van der Waals surface area contributed by atoms with Crippen LogP contribution in [0.15, 0.2) is 0 Å². The monoisotopic (exact) mass is 350 g/mol. The summed E-state index contributed by atoms with van der Waals surface area (Å²) < 4.78 is 5.71. The Bertz CT molecular complexity index is 425. The van der Waals surface area contributed by atoms with Crippen LogP contribution in [0, 0.1) is 23.2 Å². The van der Waals surface area contributed by atoms with Gasteiger partial charge >= 0.3 is 0 Å². The van der Waals surface area contributed by atoms with Crippen molar-refractivity contribution in [2.75, 3.05) is 13.2 Å². The second kappa shape index (κ2) is 7.11. The zero-order valence-corrected chi connectivity index (χ0v) is 16.0. The number of rotatable bonds is 6. The molecular weight excluding hydrogens is 316 g/mol. The van der Waals surface area contributed by atoms with Gasteiger partial charge in [0, 0.05) is 19.2 Å². The number of ether oxygens (including phenoxy) is 1. The summed E-state index contributed by atoms with van der Waals surface area (Å²) in [4.78, 5) is 0. The topological polar surface area (TPSA) is 33.3 Å². The SMILES string of the molecule is CCC[C@@H](NC(=S)NC[C@@H]1CCCO1)C12CC3CC(CC(C3)C1)C2. The first kappa shape index (κ1) is 17.1. The molecule has 4 aliphatic carbocycles. The minimum absolute atomic E-state index is 0.355. The van der Waals surface area contributed by atoms with Crippen molar-refractivity contribution in [3.05, 3.63) is 0 Å². The van der Waals surface area contributed by atoms with Gasteiger partial charge in [0.15, 0.2) is 5.11 Å². The van der Waals surface area contributed by atoms with Crippen LogP contribution in [0.5, 0.6) is 0 Å². The van der Waals surface area contributed by atoms with Crippen molar-refractivity contribution in [3.63, 3.8) is 0 Å². The molecule has 2 atom stereocenters. The molecule has 136 valence electrons. The van der Waals surface area contributed by atoms with Crippen molar-refractivity contribution in [2.24, 2.45) is 23.2 Å². The fourth-order valence-electron chi connectivity index (χ4n) is 6.65. The van der Waals surface area contributed by atoms with Crippen LogP contribution < -0.4 is 10.6 Å². The molecule has 0 spiro atoms. The van der Waals surface area contributed by atoms with E-state index >= 15 is 0 Å². The van der Waals surface area contributed by atoms with Crippen LogP contribution in [0.4, 0.5) is 0 Å². The lowest BCUT2D eigenvalue weighted by Crippen LogP contribution is -2.58. The summed E-state index contributed by atoms with van der Waals surface area (Å²) in [5.74, 6) is 3.02. The molecule has 5 aliphatic rings. The van der Waals surface area contributed by atoms with Gasteiger partial charge in [-0.25, -0.2) is 0 Å². The highest BCUT2D eigenvalue weighted by molar-refractivity contribution is 7.80. The Kier molecular flexibility index (Phi) is 5.06. The quantitative estimate of drug-likeness (QED) is 0.709. The third kappa shape index (κ3) is 3.46. The van der Waals surface area contributed by atoms with E-state index in [4.69, 9.17) is 17.0 Å². The Morgan fingerprint density at radius 3 is 2.38 bits per heavy atom. The van der Waals surface area contributed by atoms with Crippen LogP contribution >= 0.6 is 12.2 Å². The van der Waals surface area contributed by atoms with Gasteiger partial charge in [-0.2, -0.15) is 0 Å². The lowest BCUT2D eigenvalue weighted by atomic mass is 9.47. The molecule has 1 aliphatic heterocycles. The first-order valence-electron chi connectivity index (χ1n) is 10.3. The second-order valence-electron chi connectivity index (χ2n) is 9.11. The van der Waals surface area contributed by atoms with Gasteiger partial charge in [-0.3, -0.25) is 0 Å². The van der Waals surface area contributed by atoms with Crippen molar-refractivity contribution < 1.29 is 4.74 Å². The average Bonchev–Trinajstić information content (AvgIpc) is 3.05. The van der Waals surface area contributed by atoms with Gasteiger partial charge in [-0.15, -0.1) is 0 Å². The average molecular weight is 351 g/mol. The van der Waals surface area contributed by atoms with Gasteiger partial charge in [0.1, 0.15) is 0 Å². The molecule has 0 aromatic heterocycles. The van der Waals surface area contributed by atoms with Gasteiger partial charge in [-0.1, -0.05) is 13.3 Å². The molecule has 4 bridgehead atoms. The number of hydrogen-bond donors (Lipinski definition) is 2. The highest BCUT2D eigenvalue weighted by atomic mass is 32.1. The molecule has 4 heteroatoms. The van der Waals surface area contributed by atoms with Crippen LogP contribution in [0.1, 0.15) is 71.1 Å². The van der Waals surface area contributed by atoms with Gasteiger partial charge in [0.05, 0.1) is 6.10 Å². The lowest BCUT2D eigenvalue weighted by molar-refractivity contribution is -0.0720.